The predicted molar refractivity (Wildman–Crippen MR) is 134 cm³/mol. The molecule has 1 saturated carbocycles. The lowest BCUT2D eigenvalue weighted by Crippen LogP contribution is -2.34. The summed E-state index contributed by atoms with van der Waals surface area (Å²) in [6.45, 7) is 20.3. The maximum absolute atomic E-state index is 12.2. The molecule has 0 radical (unpaired) electrons. The summed E-state index contributed by atoms with van der Waals surface area (Å²) in [5.74, 6) is -0.194. The minimum atomic E-state index is -0.388. The van der Waals surface area contributed by atoms with Gasteiger partial charge in [0, 0.05) is 5.70 Å². The first kappa shape index (κ1) is 28.8. The van der Waals surface area contributed by atoms with Crippen molar-refractivity contribution in [1.82, 2.24) is 10.2 Å². The van der Waals surface area contributed by atoms with Gasteiger partial charge in [0.2, 0.25) is 0 Å². The summed E-state index contributed by atoms with van der Waals surface area (Å²) in [4.78, 5) is 26.4. The molecule has 0 spiro atoms. The highest BCUT2D eigenvalue weighted by atomic mass is 32.2. The number of hydrogen-bond acceptors (Lipinski definition) is 4. The van der Waals surface area contributed by atoms with Crippen LogP contribution < -0.4 is 5.32 Å². The quantitative estimate of drug-likeness (QED) is 0.336. The van der Waals surface area contributed by atoms with Crippen molar-refractivity contribution in [3.05, 3.63) is 59.7 Å². The fourth-order valence-electron chi connectivity index (χ4n) is 2.85. The van der Waals surface area contributed by atoms with Gasteiger partial charge in [-0.2, -0.15) is 0 Å². The van der Waals surface area contributed by atoms with Crippen LogP contribution in [-0.2, 0) is 9.53 Å². The van der Waals surface area contributed by atoms with E-state index in [1.54, 1.807) is 17.1 Å². The van der Waals surface area contributed by atoms with Crippen LogP contribution in [0.1, 0.15) is 54.4 Å². The van der Waals surface area contributed by atoms with E-state index in [-0.39, 0.29) is 30.1 Å². The van der Waals surface area contributed by atoms with Crippen LogP contribution in [0.5, 0.6) is 0 Å². The first-order valence-corrected chi connectivity index (χ1v) is 12.2. The van der Waals surface area contributed by atoms with Gasteiger partial charge in [-0.15, -0.1) is 11.8 Å². The molecule has 1 aliphatic carbocycles. The van der Waals surface area contributed by atoms with Crippen molar-refractivity contribution < 1.29 is 14.3 Å². The summed E-state index contributed by atoms with van der Waals surface area (Å²) in [5, 5.41) is 2.80. The van der Waals surface area contributed by atoms with Crippen molar-refractivity contribution in [2.75, 3.05) is 19.3 Å². The third kappa shape index (κ3) is 8.82. The Morgan fingerprint density at radius 2 is 1.84 bits per heavy atom. The van der Waals surface area contributed by atoms with Gasteiger partial charge in [0.05, 0.1) is 18.0 Å². The molecule has 2 rings (SSSR count). The molecule has 1 saturated heterocycles. The summed E-state index contributed by atoms with van der Waals surface area (Å²) in [6.07, 6.45) is 12.5. The van der Waals surface area contributed by atoms with E-state index in [1.165, 1.54) is 30.2 Å². The molecule has 0 aromatic rings. The van der Waals surface area contributed by atoms with Crippen LogP contribution in [0.4, 0.5) is 4.79 Å². The van der Waals surface area contributed by atoms with E-state index < -0.39 is 0 Å². The van der Waals surface area contributed by atoms with E-state index >= 15 is 0 Å². The second-order valence-corrected chi connectivity index (χ2v) is 7.84. The second-order valence-electron chi connectivity index (χ2n) is 6.99. The molecule has 5 nitrogen and oxygen atoms in total. The largest absolute Gasteiger partial charge is 0.442 e. The van der Waals surface area contributed by atoms with Crippen LogP contribution in [0.25, 0.3) is 0 Å². The molecule has 1 heterocycles. The summed E-state index contributed by atoms with van der Waals surface area (Å²) >= 11 is 1.35. The van der Waals surface area contributed by atoms with Crippen LogP contribution in [0, 0.1) is 5.41 Å². The summed E-state index contributed by atoms with van der Waals surface area (Å²) in [6, 6.07) is 0. The fourth-order valence-corrected chi connectivity index (χ4v) is 3.33. The highest BCUT2D eigenvalue weighted by Gasteiger charge is 2.39. The van der Waals surface area contributed by atoms with Gasteiger partial charge in [-0.05, 0) is 49.2 Å². The first-order chi connectivity index (χ1) is 14.8. The highest BCUT2D eigenvalue weighted by Crippen LogP contribution is 2.51. The Kier molecular flexibility index (Phi) is 13.7. The lowest BCUT2D eigenvalue weighted by atomic mass is 9.98. The lowest BCUT2D eigenvalue weighted by molar-refractivity contribution is -0.117. The average Bonchev–Trinajstić information content (AvgIpc) is 3.42. The standard InChI is InChI=1S/C21H28N2O3S.2C2H6/c1-6-8-18(27-5)19(24)22-13-17-14-23(20(25)26-17)15(3)9-10-16(7-2)21(4)11-12-21;2*1-2/h6-10,17H,1-2,11-14H2,3-5H3,(H,22,24);2*1-2H3/b15-9+,16-10+,18-8-;;. The molecular weight excluding hydrogens is 408 g/mol. The smallest absolute Gasteiger partial charge is 0.414 e. The van der Waals surface area contributed by atoms with E-state index in [1.807, 2.05) is 59.1 Å². The van der Waals surface area contributed by atoms with Crippen LogP contribution in [0.3, 0.4) is 0 Å². The number of hydrogen-bond donors (Lipinski definition) is 1. The maximum atomic E-state index is 12.2. The molecule has 2 fully saturated rings. The van der Waals surface area contributed by atoms with E-state index in [0.29, 0.717) is 11.4 Å². The molecule has 2 amide bonds. The monoisotopic (exact) mass is 448 g/mol. The van der Waals surface area contributed by atoms with Crippen LogP contribution in [0.2, 0.25) is 0 Å². The molecule has 0 bridgehead atoms. The number of ether oxygens (including phenoxy) is 1. The Balaban J connectivity index is 0.00000212. The highest BCUT2D eigenvalue weighted by molar-refractivity contribution is 8.03. The van der Waals surface area contributed by atoms with Gasteiger partial charge < -0.3 is 10.1 Å². The van der Waals surface area contributed by atoms with Crippen LogP contribution in [0.15, 0.2) is 59.7 Å². The molecule has 6 heteroatoms. The van der Waals surface area contributed by atoms with Crippen molar-refractivity contribution in [2.45, 2.75) is 60.5 Å². The van der Waals surface area contributed by atoms with E-state index in [4.69, 9.17) is 4.74 Å². The zero-order valence-electron chi connectivity index (χ0n) is 20.3. The van der Waals surface area contributed by atoms with Crippen molar-refractivity contribution >= 4 is 23.8 Å². The molecule has 1 N–H and O–H groups in total. The summed E-state index contributed by atoms with van der Waals surface area (Å²) in [5.41, 5.74) is 2.23. The average molecular weight is 449 g/mol. The number of thioether (sulfide) groups is 1. The van der Waals surface area contributed by atoms with Gasteiger partial charge in [0.15, 0.2) is 0 Å². The van der Waals surface area contributed by atoms with E-state index in [0.717, 1.165) is 5.70 Å². The number of nitrogens with zero attached hydrogens (tertiary/aromatic N) is 1. The van der Waals surface area contributed by atoms with Crippen LogP contribution >= 0.6 is 11.8 Å². The second kappa shape index (κ2) is 14.7. The number of carbonyl (C=O) groups is 2. The Bertz CT molecular complexity index is 718. The number of nitrogens with one attached hydrogen (secondary N) is 1. The molecule has 0 aromatic heterocycles. The van der Waals surface area contributed by atoms with Gasteiger partial charge in [0.25, 0.3) is 5.91 Å². The number of rotatable bonds is 9. The molecule has 1 unspecified atom stereocenters. The van der Waals surface area contributed by atoms with Gasteiger partial charge in [-0.25, -0.2) is 4.79 Å². The molecule has 174 valence electrons. The number of carbonyl (C=O) groups excluding carboxylic acids is 2. The molecule has 31 heavy (non-hydrogen) atoms. The molecular formula is C25H40N2O3S. The predicted octanol–water partition coefficient (Wildman–Crippen LogP) is 6.23. The van der Waals surface area contributed by atoms with E-state index in [2.05, 4.69) is 25.4 Å². The Morgan fingerprint density at radius 3 is 2.32 bits per heavy atom. The molecule has 1 atom stereocenters. The lowest BCUT2D eigenvalue weighted by Gasteiger charge is -2.14. The number of cyclic esters (lactones) is 1. The van der Waals surface area contributed by atoms with Gasteiger partial charge >= 0.3 is 6.09 Å². The van der Waals surface area contributed by atoms with Crippen molar-refractivity contribution in [1.29, 1.82) is 0 Å². The Hall–Kier alpha value is -2.21. The fraction of sp³-hybridized carbons (Fsp3) is 0.520. The maximum Gasteiger partial charge on any atom is 0.414 e. The number of amides is 2. The van der Waals surface area contributed by atoms with Gasteiger partial charge in [-0.1, -0.05) is 66.0 Å². The molecule has 2 aliphatic rings. The normalized spacial score (nSPS) is 19.8. The van der Waals surface area contributed by atoms with E-state index in [9.17, 15) is 9.59 Å². The summed E-state index contributed by atoms with van der Waals surface area (Å²) < 4.78 is 5.38. The topological polar surface area (TPSA) is 58.6 Å². The summed E-state index contributed by atoms with van der Waals surface area (Å²) in [7, 11) is 0. The Morgan fingerprint density at radius 1 is 1.23 bits per heavy atom. The minimum Gasteiger partial charge on any atom is -0.442 e. The molecule has 0 aromatic carbocycles. The molecule has 1 aliphatic heterocycles. The zero-order chi connectivity index (χ0) is 24.0. The Labute approximate surface area is 193 Å². The van der Waals surface area contributed by atoms with Crippen LogP contribution in [-0.4, -0.2) is 42.3 Å². The van der Waals surface area contributed by atoms with Gasteiger partial charge in [0.1, 0.15) is 6.10 Å². The van der Waals surface area contributed by atoms with Gasteiger partial charge in [-0.3, -0.25) is 9.69 Å². The number of allylic oxidation sites excluding steroid dienone is 7. The first-order valence-electron chi connectivity index (χ1n) is 11.0. The SMILES string of the molecule is C=C/C=C(\SC)C(=O)NCC1CN(/C(C)=C/C=C(\C=C)C2(C)CC2)C(=O)O1.CC.CC. The van der Waals surface area contributed by atoms with Crippen molar-refractivity contribution in [3.63, 3.8) is 0 Å². The zero-order valence-corrected chi connectivity index (χ0v) is 21.1. The van der Waals surface area contributed by atoms with Crippen molar-refractivity contribution in [3.8, 4) is 0 Å². The third-order valence-corrected chi connectivity index (χ3v) is 5.69. The minimum absolute atomic E-state index is 0.194. The third-order valence-electron chi connectivity index (χ3n) is 4.92. The van der Waals surface area contributed by atoms with Crippen molar-refractivity contribution in [2.24, 2.45) is 5.41 Å².